The number of nitrogens with zero attached hydrogens (tertiary/aromatic N) is 2. The summed E-state index contributed by atoms with van der Waals surface area (Å²) in [5, 5.41) is 7.49. The fourth-order valence-corrected chi connectivity index (χ4v) is 1.87. The summed E-state index contributed by atoms with van der Waals surface area (Å²) in [4.78, 5) is 0. The zero-order chi connectivity index (χ0) is 9.90. The Balaban J connectivity index is 2.32. The average Bonchev–Trinajstić information content (AvgIpc) is 2.34. The van der Waals surface area contributed by atoms with Crippen LogP contribution in [0.25, 0.3) is 0 Å². The molecular formula is C8H15N3OS. The van der Waals surface area contributed by atoms with Crippen molar-refractivity contribution in [2.75, 3.05) is 5.75 Å². The maximum Gasteiger partial charge on any atom is 0.117 e. The van der Waals surface area contributed by atoms with Crippen molar-refractivity contribution in [3.63, 3.8) is 0 Å². The monoisotopic (exact) mass is 201 g/mol. The van der Waals surface area contributed by atoms with E-state index in [1.54, 1.807) is 11.8 Å². The first kappa shape index (κ1) is 10.5. The molecule has 0 aliphatic rings. The van der Waals surface area contributed by atoms with Gasteiger partial charge >= 0.3 is 0 Å². The Bertz CT molecular complexity index is 267. The molecule has 1 rings (SSSR count). The van der Waals surface area contributed by atoms with E-state index in [4.69, 9.17) is 5.73 Å². The molecular weight excluding hydrogens is 186 g/mol. The van der Waals surface area contributed by atoms with Gasteiger partial charge in [-0.05, 0) is 20.8 Å². The summed E-state index contributed by atoms with van der Waals surface area (Å²) in [5.41, 5.74) is 7.48. The molecule has 5 heteroatoms. The van der Waals surface area contributed by atoms with Crippen molar-refractivity contribution in [2.45, 2.75) is 32.1 Å². The number of rotatable bonds is 4. The first-order valence-electron chi connectivity index (χ1n) is 4.14. The first-order chi connectivity index (χ1) is 5.99. The van der Waals surface area contributed by atoms with E-state index in [9.17, 15) is 0 Å². The predicted molar refractivity (Wildman–Crippen MR) is 53.5 cm³/mol. The zero-order valence-corrected chi connectivity index (χ0v) is 9.02. The summed E-state index contributed by atoms with van der Waals surface area (Å²) >= 11 is 1.74. The fourth-order valence-electron chi connectivity index (χ4n) is 0.791. The fraction of sp³-hybridized carbons (Fsp3) is 0.750. The summed E-state index contributed by atoms with van der Waals surface area (Å²) in [5.74, 6) is 1.72. The van der Waals surface area contributed by atoms with E-state index in [0.717, 1.165) is 22.9 Å². The second-order valence-corrected chi connectivity index (χ2v) is 4.76. The Morgan fingerprint density at radius 2 is 2.15 bits per heavy atom. The third-order valence-electron chi connectivity index (χ3n) is 1.46. The van der Waals surface area contributed by atoms with Crippen molar-refractivity contribution in [3.8, 4) is 0 Å². The molecule has 1 aromatic heterocycles. The van der Waals surface area contributed by atoms with E-state index < -0.39 is 0 Å². The zero-order valence-electron chi connectivity index (χ0n) is 8.20. The van der Waals surface area contributed by atoms with Gasteiger partial charge in [0.05, 0.1) is 0 Å². The third-order valence-corrected chi connectivity index (χ3v) is 2.88. The minimum Gasteiger partial charge on any atom is -0.325 e. The van der Waals surface area contributed by atoms with Crippen LogP contribution in [0.15, 0.2) is 4.63 Å². The van der Waals surface area contributed by atoms with Crippen LogP contribution in [0.4, 0.5) is 0 Å². The van der Waals surface area contributed by atoms with Gasteiger partial charge in [-0.1, -0.05) is 10.3 Å². The Labute approximate surface area is 82.2 Å². The number of aromatic nitrogens is 2. The molecule has 0 fully saturated rings. The molecule has 0 bridgehead atoms. The van der Waals surface area contributed by atoms with Crippen molar-refractivity contribution in [1.29, 1.82) is 0 Å². The number of hydrogen-bond acceptors (Lipinski definition) is 5. The molecule has 2 N–H and O–H groups in total. The standard InChI is InChI=1S/C8H15N3OS/c1-6-7(11-12-10-6)4-13-5-8(2,3)9/h4-5,9H2,1-3H3. The predicted octanol–water partition coefficient (Wildman–Crippen LogP) is 1.35. The smallest absolute Gasteiger partial charge is 0.117 e. The number of nitrogens with two attached hydrogens (primary N) is 1. The Hall–Kier alpha value is -0.550. The van der Waals surface area contributed by atoms with Gasteiger partial charge in [0.15, 0.2) is 0 Å². The number of hydrogen-bond donors (Lipinski definition) is 1. The molecule has 0 saturated heterocycles. The topological polar surface area (TPSA) is 64.9 Å². The van der Waals surface area contributed by atoms with Gasteiger partial charge in [-0.2, -0.15) is 11.8 Å². The molecule has 0 amide bonds. The molecule has 1 heterocycles. The highest BCUT2D eigenvalue weighted by molar-refractivity contribution is 7.98. The van der Waals surface area contributed by atoms with Crippen LogP contribution in [0, 0.1) is 6.92 Å². The lowest BCUT2D eigenvalue weighted by atomic mass is 10.1. The van der Waals surface area contributed by atoms with Crippen molar-refractivity contribution in [1.82, 2.24) is 10.3 Å². The molecule has 0 aliphatic heterocycles. The van der Waals surface area contributed by atoms with Crippen LogP contribution in [0.2, 0.25) is 0 Å². The second kappa shape index (κ2) is 4.11. The lowest BCUT2D eigenvalue weighted by Crippen LogP contribution is -2.34. The van der Waals surface area contributed by atoms with Crippen LogP contribution in [0.3, 0.4) is 0 Å². The maximum atomic E-state index is 5.83. The molecule has 1 aromatic rings. The highest BCUT2D eigenvalue weighted by Gasteiger charge is 2.12. The van der Waals surface area contributed by atoms with Gasteiger partial charge in [-0.15, -0.1) is 0 Å². The summed E-state index contributed by atoms with van der Waals surface area (Å²) in [6.07, 6.45) is 0. The van der Waals surface area contributed by atoms with Crippen LogP contribution < -0.4 is 5.73 Å². The van der Waals surface area contributed by atoms with E-state index in [1.807, 2.05) is 20.8 Å². The van der Waals surface area contributed by atoms with E-state index in [0.29, 0.717) is 0 Å². The first-order valence-corrected chi connectivity index (χ1v) is 5.29. The second-order valence-electron chi connectivity index (χ2n) is 3.78. The lowest BCUT2D eigenvalue weighted by Gasteiger charge is -2.16. The van der Waals surface area contributed by atoms with Crippen LogP contribution in [-0.4, -0.2) is 21.6 Å². The summed E-state index contributed by atoms with van der Waals surface area (Å²) in [6.45, 7) is 5.90. The van der Waals surface area contributed by atoms with Gasteiger partial charge in [0, 0.05) is 17.0 Å². The van der Waals surface area contributed by atoms with E-state index in [1.165, 1.54) is 0 Å². The summed E-state index contributed by atoms with van der Waals surface area (Å²) < 4.78 is 4.58. The van der Waals surface area contributed by atoms with Crippen LogP contribution >= 0.6 is 11.8 Å². The van der Waals surface area contributed by atoms with Crippen LogP contribution in [0.1, 0.15) is 25.2 Å². The van der Waals surface area contributed by atoms with E-state index in [-0.39, 0.29) is 5.54 Å². The van der Waals surface area contributed by atoms with Crippen molar-refractivity contribution in [3.05, 3.63) is 11.4 Å². The van der Waals surface area contributed by atoms with Crippen molar-refractivity contribution in [2.24, 2.45) is 5.73 Å². The minimum absolute atomic E-state index is 0.129. The largest absolute Gasteiger partial charge is 0.325 e. The summed E-state index contributed by atoms with van der Waals surface area (Å²) in [7, 11) is 0. The Morgan fingerprint density at radius 1 is 1.46 bits per heavy atom. The maximum absolute atomic E-state index is 5.83. The Morgan fingerprint density at radius 3 is 2.62 bits per heavy atom. The molecule has 0 unspecified atom stereocenters. The minimum atomic E-state index is -0.129. The SMILES string of the molecule is Cc1nonc1CSCC(C)(C)N. The van der Waals surface area contributed by atoms with Gasteiger partial charge in [0.2, 0.25) is 0 Å². The molecule has 4 nitrogen and oxygen atoms in total. The highest BCUT2D eigenvalue weighted by Crippen LogP contribution is 2.16. The molecule has 0 saturated carbocycles. The molecule has 74 valence electrons. The quantitative estimate of drug-likeness (QED) is 0.796. The summed E-state index contributed by atoms with van der Waals surface area (Å²) in [6, 6.07) is 0. The molecule has 0 aromatic carbocycles. The Kier molecular flexibility index (Phi) is 3.33. The number of thioether (sulfide) groups is 1. The van der Waals surface area contributed by atoms with E-state index >= 15 is 0 Å². The van der Waals surface area contributed by atoms with Gasteiger partial charge in [0.1, 0.15) is 11.4 Å². The van der Waals surface area contributed by atoms with Crippen molar-refractivity contribution < 1.29 is 4.63 Å². The van der Waals surface area contributed by atoms with Crippen LogP contribution in [-0.2, 0) is 5.75 Å². The van der Waals surface area contributed by atoms with Gasteiger partial charge in [-0.3, -0.25) is 0 Å². The lowest BCUT2D eigenvalue weighted by molar-refractivity contribution is 0.302. The molecule has 0 radical (unpaired) electrons. The van der Waals surface area contributed by atoms with Crippen molar-refractivity contribution >= 4 is 11.8 Å². The number of aryl methyl sites for hydroxylation is 1. The molecule has 0 spiro atoms. The molecule has 0 aliphatic carbocycles. The van der Waals surface area contributed by atoms with Gasteiger partial charge < -0.3 is 5.73 Å². The molecule has 0 atom stereocenters. The third kappa shape index (κ3) is 3.78. The average molecular weight is 201 g/mol. The van der Waals surface area contributed by atoms with E-state index in [2.05, 4.69) is 14.9 Å². The van der Waals surface area contributed by atoms with Gasteiger partial charge in [-0.25, -0.2) is 4.63 Å². The van der Waals surface area contributed by atoms with Crippen LogP contribution in [0.5, 0.6) is 0 Å². The highest BCUT2D eigenvalue weighted by atomic mass is 32.2. The normalized spacial score (nSPS) is 12.0. The van der Waals surface area contributed by atoms with Gasteiger partial charge in [0.25, 0.3) is 0 Å². The molecule has 13 heavy (non-hydrogen) atoms.